The summed E-state index contributed by atoms with van der Waals surface area (Å²) in [6.45, 7) is 1.28. The average molecular weight is 415 g/mol. The first-order valence-corrected chi connectivity index (χ1v) is 10.6. The minimum absolute atomic E-state index is 0.00282. The molecular formula is C26H26N2O3. The van der Waals surface area contributed by atoms with Gasteiger partial charge in [-0.3, -0.25) is 9.36 Å². The second-order valence-corrected chi connectivity index (χ2v) is 7.36. The van der Waals surface area contributed by atoms with Crippen LogP contribution in [0.3, 0.4) is 0 Å². The third-order valence-electron chi connectivity index (χ3n) is 5.25. The molecule has 31 heavy (non-hydrogen) atoms. The van der Waals surface area contributed by atoms with Crippen LogP contribution in [0.25, 0.3) is 22.3 Å². The number of benzene rings is 3. The van der Waals surface area contributed by atoms with E-state index < -0.39 is 0 Å². The van der Waals surface area contributed by atoms with E-state index in [-0.39, 0.29) is 5.56 Å². The Morgan fingerprint density at radius 3 is 2.32 bits per heavy atom. The summed E-state index contributed by atoms with van der Waals surface area (Å²) in [4.78, 5) is 18.0. The van der Waals surface area contributed by atoms with E-state index in [9.17, 15) is 4.79 Å². The number of methoxy groups -OCH3 is 1. The Hall–Kier alpha value is -3.60. The van der Waals surface area contributed by atoms with Crippen LogP contribution < -0.4 is 15.0 Å². The Labute approximate surface area is 181 Å². The lowest BCUT2D eigenvalue weighted by Gasteiger charge is -2.14. The largest absolute Gasteiger partial charge is 0.497 e. The van der Waals surface area contributed by atoms with Gasteiger partial charge in [-0.05, 0) is 67.8 Å². The summed E-state index contributed by atoms with van der Waals surface area (Å²) in [6.07, 6.45) is 2.78. The van der Waals surface area contributed by atoms with Crippen LogP contribution in [-0.4, -0.2) is 23.3 Å². The first kappa shape index (κ1) is 20.7. The van der Waals surface area contributed by atoms with Gasteiger partial charge in [0.1, 0.15) is 17.3 Å². The maximum Gasteiger partial charge on any atom is 0.261 e. The summed E-state index contributed by atoms with van der Waals surface area (Å²) >= 11 is 0. The first-order chi connectivity index (χ1) is 15.3. The lowest BCUT2D eigenvalue weighted by atomic mass is 10.1. The van der Waals surface area contributed by atoms with Gasteiger partial charge in [-0.15, -0.1) is 0 Å². The molecule has 0 fully saturated rings. The van der Waals surface area contributed by atoms with Crippen molar-refractivity contribution in [3.63, 3.8) is 0 Å². The highest BCUT2D eigenvalue weighted by atomic mass is 16.5. The lowest BCUT2D eigenvalue weighted by Crippen LogP contribution is -2.23. The number of para-hydroxylation sites is 2. The standard InChI is InChI=1S/C26H26N2O3/c1-30-21-16-14-20(15-17-21)25-27-24-13-7-6-12-23(24)26(29)28(25)18-8-3-9-19-31-22-10-4-2-5-11-22/h2,4-7,10-17H,3,8-9,18-19H2,1H3. The summed E-state index contributed by atoms with van der Waals surface area (Å²) in [6, 6.07) is 25.0. The summed E-state index contributed by atoms with van der Waals surface area (Å²) < 4.78 is 12.8. The number of aromatic nitrogens is 2. The number of hydrogen-bond donors (Lipinski definition) is 0. The van der Waals surface area contributed by atoms with Crippen molar-refractivity contribution < 1.29 is 9.47 Å². The van der Waals surface area contributed by atoms with Crippen LogP contribution in [0.1, 0.15) is 19.3 Å². The molecule has 4 rings (SSSR count). The summed E-state index contributed by atoms with van der Waals surface area (Å²) in [7, 11) is 1.64. The minimum atomic E-state index is -0.00282. The summed E-state index contributed by atoms with van der Waals surface area (Å²) in [5, 5.41) is 0.646. The fourth-order valence-corrected chi connectivity index (χ4v) is 3.59. The van der Waals surface area contributed by atoms with Crippen LogP contribution in [0.5, 0.6) is 11.5 Å². The monoisotopic (exact) mass is 414 g/mol. The maximum atomic E-state index is 13.2. The number of rotatable bonds is 9. The van der Waals surface area contributed by atoms with E-state index in [0.29, 0.717) is 29.9 Å². The van der Waals surface area contributed by atoms with E-state index in [2.05, 4.69) is 0 Å². The predicted molar refractivity (Wildman–Crippen MR) is 124 cm³/mol. The summed E-state index contributed by atoms with van der Waals surface area (Å²) in [5.74, 6) is 2.35. The molecular weight excluding hydrogens is 388 g/mol. The third kappa shape index (κ3) is 4.94. The number of ether oxygens (including phenoxy) is 2. The fraction of sp³-hybridized carbons (Fsp3) is 0.231. The van der Waals surface area contributed by atoms with Gasteiger partial charge >= 0.3 is 0 Å². The Morgan fingerprint density at radius 2 is 1.55 bits per heavy atom. The molecule has 0 aliphatic rings. The van der Waals surface area contributed by atoms with Gasteiger partial charge in [0.2, 0.25) is 0 Å². The van der Waals surface area contributed by atoms with Crippen molar-refractivity contribution in [1.29, 1.82) is 0 Å². The highest BCUT2D eigenvalue weighted by Gasteiger charge is 2.12. The van der Waals surface area contributed by atoms with Crippen molar-refractivity contribution in [2.45, 2.75) is 25.8 Å². The van der Waals surface area contributed by atoms with E-state index in [1.54, 1.807) is 11.7 Å². The molecule has 0 bridgehead atoms. The van der Waals surface area contributed by atoms with Gasteiger partial charge in [-0.2, -0.15) is 0 Å². The molecule has 0 spiro atoms. The quantitative estimate of drug-likeness (QED) is 0.348. The van der Waals surface area contributed by atoms with Gasteiger partial charge in [0.05, 0.1) is 24.6 Å². The molecule has 0 saturated heterocycles. The van der Waals surface area contributed by atoms with Gasteiger partial charge in [-0.1, -0.05) is 30.3 Å². The molecule has 0 unspecified atom stereocenters. The van der Waals surface area contributed by atoms with Crippen molar-refractivity contribution in [1.82, 2.24) is 9.55 Å². The van der Waals surface area contributed by atoms with E-state index in [1.807, 2.05) is 78.9 Å². The van der Waals surface area contributed by atoms with Crippen molar-refractivity contribution in [2.24, 2.45) is 0 Å². The van der Waals surface area contributed by atoms with Crippen LogP contribution >= 0.6 is 0 Å². The zero-order valence-corrected chi connectivity index (χ0v) is 17.7. The zero-order chi connectivity index (χ0) is 21.5. The van der Waals surface area contributed by atoms with Crippen LogP contribution in [0.4, 0.5) is 0 Å². The molecule has 0 saturated carbocycles. The fourth-order valence-electron chi connectivity index (χ4n) is 3.59. The van der Waals surface area contributed by atoms with Crippen LogP contribution in [0, 0.1) is 0 Å². The average Bonchev–Trinajstić information content (AvgIpc) is 2.83. The Balaban J connectivity index is 1.49. The van der Waals surface area contributed by atoms with Gasteiger partial charge in [0, 0.05) is 12.1 Å². The molecule has 5 heteroatoms. The Bertz CT molecular complexity index is 1180. The second kappa shape index (κ2) is 9.94. The predicted octanol–water partition coefficient (Wildman–Crippen LogP) is 5.32. The molecule has 4 aromatic rings. The third-order valence-corrected chi connectivity index (χ3v) is 5.25. The van der Waals surface area contributed by atoms with Crippen LogP contribution in [-0.2, 0) is 6.54 Å². The Morgan fingerprint density at radius 1 is 0.806 bits per heavy atom. The van der Waals surface area contributed by atoms with Crippen molar-refractivity contribution in [3.05, 3.63) is 89.2 Å². The normalized spacial score (nSPS) is 10.9. The topological polar surface area (TPSA) is 53.3 Å². The van der Waals surface area contributed by atoms with Crippen LogP contribution in [0.2, 0.25) is 0 Å². The molecule has 0 aliphatic heterocycles. The number of unbranched alkanes of at least 4 members (excludes halogenated alkanes) is 2. The molecule has 1 aromatic heterocycles. The SMILES string of the molecule is COc1ccc(-c2nc3ccccc3c(=O)n2CCCCCOc2ccccc2)cc1. The van der Waals surface area contributed by atoms with Gasteiger partial charge in [0.25, 0.3) is 5.56 Å². The first-order valence-electron chi connectivity index (χ1n) is 10.6. The van der Waals surface area contributed by atoms with E-state index in [1.165, 1.54) is 0 Å². The molecule has 0 amide bonds. The van der Waals surface area contributed by atoms with E-state index >= 15 is 0 Å². The van der Waals surface area contributed by atoms with Gasteiger partial charge < -0.3 is 9.47 Å². The lowest BCUT2D eigenvalue weighted by molar-refractivity contribution is 0.303. The molecule has 0 radical (unpaired) electrons. The molecule has 3 aromatic carbocycles. The molecule has 1 heterocycles. The van der Waals surface area contributed by atoms with Gasteiger partial charge in [-0.25, -0.2) is 4.98 Å². The minimum Gasteiger partial charge on any atom is -0.497 e. The van der Waals surface area contributed by atoms with E-state index in [0.717, 1.165) is 36.3 Å². The van der Waals surface area contributed by atoms with E-state index in [4.69, 9.17) is 14.5 Å². The highest BCUT2D eigenvalue weighted by Crippen LogP contribution is 2.22. The van der Waals surface area contributed by atoms with Crippen molar-refractivity contribution in [3.8, 4) is 22.9 Å². The molecule has 5 nitrogen and oxygen atoms in total. The second-order valence-electron chi connectivity index (χ2n) is 7.36. The maximum absolute atomic E-state index is 13.2. The number of fused-ring (bicyclic) bond motifs is 1. The molecule has 0 atom stereocenters. The number of hydrogen-bond acceptors (Lipinski definition) is 4. The Kier molecular flexibility index (Phi) is 6.62. The van der Waals surface area contributed by atoms with Gasteiger partial charge in [0.15, 0.2) is 0 Å². The zero-order valence-electron chi connectivity index (χ0n) is 17.7. The van der Waals surface area contributed by atoms with Crippen molar-refractivity contribution in [2.75, 3.05) is 13.7 Å². The van der Waals surface area contributed by atoms with Crippen molar-refractivity contribution >= 4 is 10.9 Å². The number of nitrogens with zero attached hydrogens (tertiary/aromatic N) is 2. The highest BCUT2D eigenvalue weighted by molar-refractivity contribution is 5.79. The smallest absolute Gasteiger partial charge is 0.261 e. The molecule has 158 valence electrons. The van der Waals surface area contributed by atoms with Crippen LogP contribution in [0.15, 0.2) is 83.7 Å². The molecule has 0 aliphatic carbocycles. The summed E-state index contributed by atoms with van der Waals surface area (Å²) in [5.41, 5.74) is 1.61. The molecule has 0 N–H and O–H groups in total.